The summed E-state index contributed by atoms with van der Waals surface area (Å²) in [6.45, 7) is -1.77. The predicted molar refractivity (Wildman–Crippen MR) is 126 cm³/mol. The lowest BCUT2D eigenvalue weighted by Crippen LogP contribution is -2.53. The number of anilines is 1. The van der Waals surface area contributed by atoms with Crippen LogP contribution in [0, 0.1) is 0 Å². The van der Waals surface area contributed by atoms with E-state index in [0.717, 1.165) is 16.3 Å². The number of halogens is 1. The maximum Gasteiger partial charge on any atom is 0.305 e. The average molecular weight is 478 g/mol. The number of ketones is 1. The van der Waals surface area contributed by atoms with Crippen LogP contribution in [0.4, 0.5) is 10.1 Å². The third-order valence-electron chi connectivity index (χ3n) is 5.86. The second-order valence-electron chi connectivity index (χ2n) is 8.14. The Morgan fingerprint density at radius 3 is 2.51 bits per heavy atom. The molecule has 9 heteroatoms. The first-order valence-corrected chi connectivity index (χ1v) is 11.0. The number of hydrogen-bond donors (Lipinski definition) is 2. The first kappa shape index (κ1) is 23.9. The summed E-state index contributed by atoms with van der Waals surface area (Å²) >= 11 is 0. The standard InChI is InChI=1S/C26H23FN2O6/c27-14-22(30)19(13-25(32)33)28-26(34)21-12-17-7-2-4-10-20(17)29(21)24(31)15-35-23-11-5-8-16-6-1-3-9-18(16)23/h1-11,19,21H,12-15H2,(H,28,34)(H,32,33)/t19?,21-/m0/s1. The van der Waals surface area contributed by atoms with E-state index in [9.17, 15) is 23.6 Å². The molecule has 3 aromatic rings. The number of carbonyl (C=O) groups excluding carboxylic acids is 3. The van der Waals surface area contributed by atoms with Crippen LogP contribution in [-0.4, -0.2) is 54.0 Å². The number of ether oxygens (including phenoxy) is 1. The Bertz CT molecular complexity index is 1290. The van der Waals surface area contributed by atoms with Crippen LogP contribution in [-0.2, 0) is 25.6 Å². The first-order valence-electron chi connectivity index (χ1n) is 11.0. The Kier molecular flexibility index (Phi) is 7.05. The molecule has 3 aromatic carbocycles. The molecule has 1 aliphatic heterocycles. The molecule has 1 aliphatic rings. The maximum atomic E-state index is 13.3. The number of aliphatic carboxylic acids is 1. The minimum atomic E-state index is -1.53. The second-order valence-corrected chi connectivity index (χ2v) is 8.14. The number of nitrogens with zero attached hydrogens (tertiary/aromatic N) is 1. The van der Waals surface area contributed by atoms with Gasteiger partial charge in [0, 0.05) is 17.5 Å². The molecule has 0 fully saturated rings. The average Bonchev–Trinajstić information content (AvgIpc) is 3.26. The van der Waals surface area contributed by atoms with Crippen molar-refractivity contribution in [1.82, 2.24) is 5.32 Å². The molecule has 0 spiro atoms. The van der Waals surface area contributed by atoms with Gasteiger partial charge in [-0.1, -0.05) is 54.6 Å². The number of carboxylic acids is 1. The molecular formula is C26H23FN2O6. The molecule has 1 unspecified atom stereocenters. The van der Waals surface area contributed by atoms with Gasteiger partial charge in [-0.05, 0) is 23.1 Å². The third kappa shape index (κ3) is 5.13. The Hall–Kier alpha value is -4.27. The molecular weight excluding hydrogens is 455 g/mol. The lowest BCUT2D eigenvalue weighted by atomic mass is 10.1. The summed E-state index contributed by atoms with van der Waals surface area (Å²) < 4.78 is 18.8. The van der Waals surface area contributed by atoms with Crippen LogP contribution >= 0.6 is 0 Å². The number of amides is 2. The number of benzene rings is 3. The van der Waals surface area contributed by atoms with Crippen molar-refractivity contribution < 1.29 is 33.4 Å². The fourth-order valence-corrected chi connectivity index (χ4v) is 4.22. The van der Waals surface area contributed by atoms with Gasteiger partial charge in [0.25, 0.3) is 5.91 Å². The molecule has 0 saturated carbocycles. The van der Waals surface area contributed by atoms with Crippen molar-refractivity contribution >= 4 is 40.0 Å². The molecule has 1 heterocycles. The Morgan fingerprint density at radius 1 is 1.03 bits per heavy atom. The van der Waals surface area contributed by atoms with E-state index in [-0.39, 0.29) is 13.0 Å². The molecule has 180 valence electrons. The zero-order valence-electron chi connectivity index (χ0n) is 18.6. The van der Waals surface area contributed by atoms with E-state index in [4.69, 9.17) is 9.84 Å². The molecule has 4 rings (SSSR count). The highest BCUT2D eigenvalue weighted by Gasteiger charge is 2.39. The monoisotopic (exact) mass is 478 g/mol. The highest BCUT2D eigenvalue weighted by atomic mass is 19.1. The molecule has 2 atom stereocenters. The number of carbonyl (C=O) groups is 4. The number of Topliss-reactive ketones (excluding diaryl/α,β-unsaturated/α-hetero) is 1. The fraction of sp³-hybridized carbons (Fsp3) is 0.231. The summed E-state index contributed by atoms with van der Waals surface area (Å²) in [5.41, 5.74) is 1.25. The Morgan fingerprint density at radius 2 is 1.74 bits per heavy atom. The van der Waals surface area contributed by atoms with Crippen molar-refractivity contribution in [3.63, 3.8) is 0 Å². The highest BCUT2D eigenvalue weighted by molar-refractivity contribution is 6.05. The van der Waals surface area contributed by atoms with Gasteiger partial charge in [-0.15, -0.1) is 0 Å². The first-order chi connectivity index (χ1) is 16.9. The maximum absolute atomic E-state index is 13.3. The normalized spacial score (nSPS) is 15.3. The minimum absolute atomic E-state index is 0.158. The third-order valence-corrected chi connectivity index (χ3v) is 5.86. The molecule has 0 saturated heterocycles. The van der Waals surface area contributed by atoms with Crippen LogP contribution in [0.3, 0.4) is 0 Å². The number of rotatable bonds is 9. The molecule has 0 radical (unpaired) electrons. The van der Waals surface area contributed by atoms with E-state index < -0.39 is 48.7 Å². The van der Waals surface area contributed by atoms with Gasteiger partial charge < -0.3 is 15.2 Å². The van der Waals surface area contributed by atoms with E-state index in [1.165, 1.54) is 4.90 Å². The molecule has 0 bridgehead atoms. The summed E-state index contributed by atoms with van der Waals surface area (Å²) in [5.74, 6) is -3.13. The van der Waals surface area contributed by atoms with Gasteiger partial charge in [0.05, 0.1) is 6.42 Å². The van der Waals surface area contributed by atoms with E-state index in [1.54, 1.807) is 30.3 Å². The van der Waals surface area contributed by atoms with Crippen LogP contribution in [0.2, 0.25) is 0 Å². The van der Waals surface area contributed by atoms with Gasteiger partial charge >= 0.3 is 5.97 Å². The van der Waals surface area contributed by atoms with E-state index in [2.05, 4.69) is 5.32 Å². The van der Waals surface area contributed by atoms with Crippen molar-refractivity contribution in [2.24, 2.45) is 0 Å². The van der Waals surface area contributed by atoms with Crippen molar-refractivity contribution in [1.29, 1.82) is 0 Å². The van der Waals surface area contributed by atoms with Crippen LogP contribution in [0.5, 0.6) is 5.75 Å². The summed E-state index contributed by atoms with van der Waals surface area (Å²) in [7, 11) is 0. The smallest absolute Gasteiger partial charge is 0.305 e. The topological polar surface area (TPSA) is 113 Å². The van der Waals surface area contributed by atoms with Crippen LogP contribution in [0.15, 0.2) is 66.7 Å². The van der Waals surface area contributed by atoms with Gasteiger partial charge in [-0.3, -0.25) is 24.1 Å². The number of alkyl halides is 1. The quantitative estimate of drug-likeness (QED) is 0.489. The van der Waals surface area contributed by atoms with Crippen molar-refractivity contribution in [2.45, 2.75) is 24.9 Å². The van der Waals surface area contributed by atoms with Crippen molar-refractivity contribution in [3.8, 4) is 5.75 Å². The molecule has 8 nitrogen and oxygen atoms in total. The van der Waals surface area contributed by atoms with Crippen molar-refractivity contribution in [3.05, 3.63) is 72.3 Å². The number of para-hydroxylation sites is 1. The number of carboxylic acid groups (broad SMARTS) is 1. The fourth-order valence-electron chi connectivity index (χ4n) is 4.22. The molecule has 2 N–H and O–H groups in total. The number of fused-ring (bicyclic) bond motifs is 2. The van der Waals surface area contributed by atoms with Crippen molar-refractivity contribution in [2.75, 3.05) is 18.2 Å². The second kappa shape index (κ2) is 10.3. The van der Waals surface area contributed by atoms with E-state index >= 15 is 0 Å². The zero-order chi connectivity index (χ0) is 24.9. The number of hydrogen-bond acceptors (Lipinski definition) is 5. The summed E-state index contributed by atoms with van der Waals surface area (Å²) in [4.78, 5) is 50.6. The van der Waals surface area contributed by atoms with Crippen LogP contribution in [0.25, 0.3) is 10.8 Å². The van der Waals surface area contributed by atoms with Gasteiger partial charge in [0.1, 0.15) is 24.5 Å². The molecule has 35 heavy (non-hydrogen) atoms. The van der Waals surface area contributed by atoms with Crippen LogP contribution < -0.4 is 15.0 Å². The Labute approximate surface area is 200 Å². The predicted octanol–water partition coefficient (Wildman–Crippen LogP) is 2.67. The Balaban J connectivity index is 1.55. The summed E-state index contributed by atoms with van der Waals surface area (Å²) in [6, 6.07) is 17.4. The van der Waals surface area contributed by atoms with Crippen LogP contribution in [0.1, 0.15) is 12.0 Å². The lowest BCUT2D eigenvalue weighted by Gasteiger charge is -2.26. The molecule has 0 aromatic heterocycles. The van der Waals surface area contributed by atoms with Gasteiger partial charge in [0.15, 0.2) is 12.4 Å². The largest absolute Gasteiger partial charge is 0.483 e. The minimum Gasteiger partial charge on any atom is -0.483 e. The zero-order valence-corrected chi connectivity index (χ0v) is 18.6. The number of nitrogens with one attached hydrogen (secondary N) is 1. The van der Waals surface area contributed by atoms with E-state index in [1.807, 2.05) is 36.4 Å². The van der Waals surface area contributed by atoms with E-state index in [0.29, 0.717) is 11.4 Å². The highest BCUT2D eigenvalue weighted by Crippen LogP contribution is 2.33. The molecule has 2 amide bonds. The van der Waals surface area contributed by atoms with Gasteiger partial charge in [-0.25, -0.2) is 4.39 Å². The summed E-state index contributed by atoms with van der Waals surface area (Å²) in [5, 5.41) is 13.1. The van der Waals surface area contributed by atoms with Gasteiger partial charge in [-0.2, -0.15) is 0 Å². The summed E-state index contributed by atoms with van der Waals surface area (Å²) in [6.07, 6.45) is -0.599. The lowest BCUT2D eigenvalue weighted by molar-refractivity contribution is -0.140. The molecule has 0 aliphatic carbocycles. The SMILES string of the molecule is O=C(O)CC(NC(=O)[C@@H]1Cc2ccccc2N1C(=O)COc1cccc2ccccc12)C(=O)CF. The van der Waals surface area contributed by atoms with Gasteiger partial charge in [0.2, 0.25) is 5.91 Å².